The van der Waals surface area contributed by atoms with Crippen molar-refractivity contribution in [1.29, 1.82) is 0 Å². The van der Waals surface area contributed by atoms with Gasteiger partial charge >= 0.3 is 0 Å². The van der Waals surface area contributed by atoms with Crippen molar-refractivity contribution in [3.63, 3.8) is 0 Å². The summed E-state index contributed by atoms with van der Waals surface area (Å²) < 4.78 is 0. The van der Waals surface area contributed by atoms with Crippen molar-refractivity contribution < 1.29 is 4.79 Å². The number of rotatable bonds is 5. The molecule has 1 saturated carbocycles. The number of amides is 1. The zero-order valence-corrected chi connectivity index (χ0v) is 16.4. The van der Waals surface area contributed by atoms with Crippen LogP contribution in [0.25, 0.3) is 0 Å². The monoisotopic (exact) mass is 379 g/mol. The lowest BCUT2D eigenvalue weighted by Gasteiger charge is -2.28. The minimum absolute atomic E-state index is 0.101. The highest BCUT2D eigenvalue weighted by molar-refractivity contribution is 5.90. The van der Waals surface area contributed by atoms with Crippen LogP contribution in [0, 0.1) is 5.92 Å². The van der Waals surface area contributed by atoms with Gasteiger partial charge in [0.05, 0.1) is 11.4 Å². The van der Waals surface area contributed by atoms with Crippen molar-refractivity contribution in [3.8, 4) is 0 Å². The highest BCUT2D eigenvalue weighted by Crippen LogP contribution is 2.27. The smallest absolute Gasteiger partial charge is 0.225 e. The van der Waals surface area contributed by atoms with Crippen molar-refractivity contribution in [1.82, 2.24) is 19.9 Å². The van der Waals surface area contributed by atoms with Gasteiger partial charge in [-0.3, -0.25) is 14.7 Å². The fourth-order valence-electron chi connectivity index (χ4n) is 4.39. The maximum atomic E-state index is 12.6. The Morgan fingerprint density at radius 1 is 1.11 bits per heavy atom. The second-order valence-corrected chi connectivity index (χ2v) is 8.04. The molecule has 1 aliphatic heterocycles. The Hall–Kier alpha value is -2.34. The van der Waals surface area contributed by atoms with Crippen LogP contribution < -0.4 is 5.32 Å². The van der Waals surface area contributed by atoms with E-state index in [1.165, 1.54) is 38.5 Å². The SMILES string of the molecule is O=C(CC1CCCCCC1)Nc1ncnc2c1CCN(Cc1ccccn1)C2. The van der Waals surface area contributed by atoms with Gasteiger partial charge in [0.15, 0.2) is 0 Å². The highest BCUT2D eigenvalue weighted by Gasteiger charge is 2.23. The second-order valence-electron chi connectivity index (χ2n) is 8.04. The highest BCUT2D eigenvalue weighted by atomic mass is 16.1. The van der Waals surface area contributed by atoms with Crippen LogP contribution >= 0.6 is 0 Å². The Morgan fingerprint density at radius 3 is 2.75 bits per heavy atom. The number of hydrogen-bond donors (Lipinski definition) is 1. The number of carbonyl (C=O) groups excluding carboxylic acids is 1. The molecule has 2 aromatic heterocycles. The summed E-state index contributed by atoms with van der Waals surface area (Å²) in [5, 5.41) is 3.08. The maximum absolute atomic E-state index is 12.6. The molecule has 1 fully saturated rings. The van der Waals surface area contributed by atoms with E-state index in [-0.39, 0.29) is 5.91 Å². The van der Waals surface area contributed by atoms with E-state index >= 15 is 0 Å². The molecule has 1 aliphatic carbocycles. The normalized spacial score (nSPS) is 18.3. The Labute approximate surface area is 166 Å². The van der Waals surface area contributed by atoms with Crippen molar-refractivity contribution in [3.05, 3.63) is 47.7 Å². The van der Waals surface area contributed by atoms with E-state index in [1.807, 2.05) is 18.3 Å². The predicted octanol–water partition coefficient (Wildman–Crippen LogP) is 3.73. The molecule has 6 heteroatoms. The molecule has 0 radical (unpaired) electrons. The van der Waals surface area contributed by atoms with Gasteiger partial charge in [-0.15, -0.1) is 0 Å². The van der Waals surface area contributed by atoms with Crippen LogP contribution in [0.15, 0.2) is 30.7 Å². The quantitative estimate of drug-likeness (QED) is 0.802. The Balaban J connectivity index is 1.37. The van der Waals surface area contributed by atoms with Crippen molar-refractivity contribution >= 4 is 11.7 Å². The average Bonchev–Trinajstić information content (AvgIpc) is 2.97. The van der Waals surface area contributed by atoms with Crippen LogP contribution in [-0.4, -0.2) is 32.3 Å². The number of hydrogen-bond acceptors (Lipinski definition) is 5. The zero-order chi connectivity index (χ0) is 19.2. The standard InChI is InChI=1S/C22H29N5O/c28-21(13-17-7-3-1-2-4-8-17)26-22-19-10-12-27(15-20(19)24-16-25-22)14-18-9-5-6-11-23-18/h5-6,9,11,16-17H,1-4,7-8,10,12-15H2,(H,24,25,26,28). The Morgan fingerprint density at radius 2 is 1.96 bits per heavy atom. The molecule has 0 bridgehead atoms. The maximum Gasteiger partial charge on any atom is 0.225 e. The summed E-state index contributed by atoms with van der Waals surface area (Å²) in [7, 11) is 0. The molecule has 2 aliphatic rings. The lowest BCUT2D eigenvalue weighted by molar-refractivity contribution is -0.117. The summed E-state index contributed by atoms with van der Waals surface area (Å²) in [5.74, 6) is 1.33. The summed E-state index contributed by atoms with van der Waals surface area (Å²) >= 11 is 0. The topological polar surface area (TPSA) is 71.0 Å². The average molecular weight is 380 g/mol. The third kappa shape index (κ3) is 4.93. The number of pyridine rings is 1. The lowest BCUT2D eigenvalue weighted by atomic mass is 9.96. The van der Waals surface area contributed by atoms with Gasteiger partial charge in [-0.2, -0.15) is 0 Å². The molecule has 148 valence electrons. The van der Waals surface area contributed by atoms with E-state index in [2.05, 4.69) is 31.2 Å². The number of nitrogens with one attached hydrogen (secondary N) is 1. The van der Waals surface area contributed by atoms with Crippen LogP contribution in [0.3, 0.4) is 0 Å². The summed E-state index contributed by atoms with van der Waals surface area (Å²) in [6.07, 6.45) is 12.4. The van der Waals surface area contributed by atoms with Crippen LogP contribution in [-0.2, 0) is 24.3 Å². The van der Waals surface area contributed by atoms with Gasteiger partial charge in [-0.05, 0) is 37.3 Å². The Kier molecular flexibility index (Phi) is 6.27. The third-order valence-electron chi connectivity index (χ3n) is 5.90. The van der Waals surface area contributed by atoms with E-state index in [9.17, 15) is 4.79 Å². The summed E-state index contributed by atoms with van der Waals surface area (Å²) in [4.78, 5) is 28.2. The van der Waals surface area contributed by atoms with Gasteiger partial charge in [0.2, 0.25) is 5.91 Å². The van der Waals surface area contributed by atoms with Gasteiger partial charge in [0.1, 0.15) is 12.1 Å². The van der Waals surface area contributed by atoms with Crippen LogP contribution in [0.1, 0.15) is 61.9 Å². The van der Waals surface area contributed by atoms with Gasteiger partial charge < -0.3 is 5.32 Å². The summed E-state index contributed by atoms with van der Waals surface area (Å²) in [5.41, 5.74) is 3.17. The molecule has 1 N–H and O–H groups in total. The van der Waals surface area contributed by atoms with Gasteiger partial charge in [-0.1, -0.05) is 31.7 Å². The molecule has 0 atom stereocenters. The van der Waals surface area contributed by atoms with Gasteiger partial charge in [-0.25, -0.2) is 9.97 Å². The van der Waals surface area contributed by atoms with E-state index in [1.54, 1.807) is 6.33 Å². The van der Waals surface area contributed by atoms with E-state index in [0.717, 1.165) is 43.0 Å². The first-order valence-corrected chi connectivity index (χ1v) is 10.5. The number of nitrogens with zero attached hydrogens (tertiary/aromatic N) is 4. The number of aromatic nitrogens is 3. The summed E-state index contributed by atoms with van der Waals surface area (Å²) in [6.45, 7) is 2.50. The molecule has 0 aromatic carbocycles. The molecule has 3 heterocycles. The van der Waals surface area contributed by atoms with Crippen LogP contribution in [0.2, 0.25) is 0 Å². The second kappa shape index (κ2) is 9.24. The largest absolute Gasteiger partial charge is 0.310 e. The minimum Gasteiger partial charge on any atom is -0.310 e. The van der Waals surface area contributed by atoms with Crippen molar-refractivity contribution in [2.24, 2.45) is 5.92 Å². The molecule has 0 unspecified atom stereocenters. The molecule has 4 rings (SSSR count). The molecular formula is C22H29N5O. The molecule has 0 saturated heterocycles. The number of anilines is 1. The first kappa shape index (κ1) is 19.0. The first-order chi connectivity index (χ1) is 13.8. The fourth-order valence-corrected chi connectivity index (χ4v) is 4.39. The van der Waals surface area contributed by atoms with E-state index in [0.29, 0.717) is 18.2 Å². The van der Waals surface area contributed by atoms with Crippen LogP contribution in [0.4, 0.5) is 5.82 Å². The Bertz CT molecular complexity index is 787. The van der Waals surface area contributed by atoms with Crippen molar-refractivity contribution in [2.75, 3.05) is 11.9 Å². The third-order valence-corrected chi connectivity index (χ3v) is 5.90. The lowest BCUT2D eigenvalue weighted by Crippen LogP contribution is -2.32. The molecular weight excluding hydrogens is 350 g/mol. The van der Waals surface area contributed by atoms with E-state index < -0.39 is 0 Å². The molecule has 6 nitrogen and oxygen atoms in total. The fraction of sp³-hybridized carbons (Fsp3) is 0.545. The zero-order valence-electron chi connectivity index (χ0n) is 16.4. The van der Waals surface area contributed by atoms with Crippen LogP contribution in [0.5, 0.6) is 0 Å². The van der Waals surface area contributed by atoms with Gasteiger partial charge in [0.25, 0.3) is 0 Å². The van der Waals surface area contributed by atoms with Crippen molar-refractivity contribution in [2.45, 2.75) is 64.5 Å². The molecule has 0 spiro atoms. The molecule has 1 amide bonds. The number of carbonyl (C=O) groups is 1. The summed E-state index contributed by atoms with van der Waals surface area (Å²) in [6, 6.07) is 6.01. The van der Waals surface area contributed by atoms with E-state index in [4.69, 9.17) is 0 Å². The predicted molar refractivity (Wildman–Crippen MR) is 109 cm³/mol. The number of fused-ring (bicyclic) bond motifs is 1. The molecule has 2 aromatic rings. The first-order valence-electron chi connectivity index (χ1n) is 10.5. The minimum atomic E-state index is 0.101. The molecule has 28 heavy (non-hydrogen) atoms. The van der Waals surface area contributed by atoms with Gasteiger partial charge in [0, 0.05) is 37.8 Å².